The molecule has 1 aromatic rings. The number of piperidine rings is 1. The van der Waals surface area contributed by atoms with E-state index in [1.807, 2.05) is 0 Å². The van der Waals surface area contributed by atoms with Crippen LogP contribution in [0.15, 0.2) is 18.2 Å². The Morgan fingerprint density at radius 2 is 1.83 bits per heavy atom. The molecule has 1 aromatic carbocycles. The van der Waals surface area contributed by atoms with E-state index in [4.69, 9.17) is 27.9 Å². The van der Waals surface area contributed by atoms with Gasteiger partial charge < -0.3 is 15.0 Å². The average Bonchev–Trinajstić information content (AvgIpc) is 2.51. The summed E-state index contributed by atoms with van der Waals surface area (Å²) in [6, 6.07) is 4.66. The van der Waals surface area contributed by atoms with E-state index < -0.39 is 6.04 Å². The van der Waals surface area contributed by atoms with Crippen molar-refractivity contribution in [1.82, 2.24) is 10.2 Å². The summed E-state index contributed by atoms with van der Waals surface area (Å²) in [5.74, 6) is 0.804. The highest BCUT2D eigenvalue weighted by Crippen LogP contribution is 2.26. The van der Waals surface area contributed by atoms with Gasteiger partial charge in [0.2, 0.25) is 11.8 Å². The molecule has 0 radical (unpaired) electrons. The van der Waals surface area contributed by atoms with Gasteiger partial charge in [0.1, 0.15) is 11.8 Å². The number of hydrogen-bond acceptors (Lipinski definition) is 3. The maximum atomic E-state index is 12.2. The lowest BCUT2D eigenvalue weighted by molar-refractivity contribution is -0.136. The second-order valence-electron chi connectivity index (χ2n) is 6.11. The van der Waals surface area contributed by atoms with E-state index in [0.717, 1.165) is 12.8 Å². The van der Waals surface area contributed by atoms with Crippen molar-refractivity contribution in [1.29, 1.82) is 0 Å². The van der Waals surface area contributed by atoms with Crippen molar-refractivity contribution in [3.05, 3.63) is 28.2 Å². The fourth-order valence-corrected chi connectivity index (χ4v) is 3.29. The molecule has 7 heteroatoms. The molecule has 1 aliphatic heterocycles. The molecule has 0 saturated carbocycles. The quantitative estimate of drug-likeness (QED) is 0.863. The number of rotatable bonds is 5. The Balaban J connectivity index is 1.78. The van der Waals surface area contributed by atoms with Gasteiger partial charge in [-0.15, -0.1) is 0 Å². The van der Waals surface area contributed by atoms with Gasteiger partial charge in [0, 0.05) is 30.1 Å². The summed E-state index contributed by atoms with van der Waals surface area (Å²) in [6.45, 7) is 5.04. The van der Waals surface area contributed by atoms with Crippen LogP contribution in [0.5, 0.6) is 5.75 Å². The van der Waals surface area contributed by atoms with Gasteiger partial charge in [0.15, 0.2) is 0 Å². The van der Waals surface area contributed by atoms with Gasteiger partial charge in [-0.1, -0.05) is 23.2 Å². The number of hydrogen-bond donors (Lipinski definition) is 1. The summed E-state index contributed by atoms with van der Waals surface area (Å²) < 4.78 is 5.77. The Hall–Kier alpha value is -1.46. The number of ether oxygens (including phenoxy) is 1. The predicted octanol–water partition coefficient (Wildman–Crippen LogP) is 3.14. The van der Waals surface area contributed by atoms with Crippen LogP contribution in [0, 0.1) is 5.92 Å². The summed E-state index contributed by atoms with van der Waals surface area (Å²) in [6.07, 6.45) is 1.74. The first-order chi connectivity index (χ1) is 11.3. The first-order valence-electron chi connectivity index (χ1n) is 8.00. The van der Waals surface area contributed by atoms with E-state index in [1.54, 1.807) is 30.0 Å². The zero-order valence-corrected chi connectivity index (χ0v) is 15.4. The maximum absolute atomic E-state index is 12.2. The van der Waals surface area contributed by atoms with Gasteiger partial charge in [0.05, 0.1) is 6.61 Å². The number of carbonyl (C=O) groups excluding carboxylic acids is 2. The molecule has 1 N–H and O–H groups in total. The molecule has 1 atom stereocenters. The van der Waals surface area contributed by atoms with Gasteiger partial charge in [-0.05, 0) is 43.9 Å². The molecule has 24 heavy (non-hydrogen) atoms. The third-order valence-electron chi connectivity index (χ3n) is 4.04. The summed E-state index contributed by atoms with van der Waals surface area (Å²) >= 11 is 11.9. The minimum atomic E-state index is -0.482. The predicted molar refractivity (Wildman–Crippen MR) is 94.5 cm³/mol. The average molecular weight is 373 g/mol. The van der Waals surface area contributed by atoms with E-state index >= 15 is 0 Å². The minimum Gasteiger partial charge on any atom is -0.493 e. The van der Waals surface area contributed by atoms with Gasteiger partial charge in [-0.2, -0.15) is 0 Å². The van der Waals surface area contributed by atoms with Crippen molar-refractivity contribution < 1.29 is 14.3 Å². The second-order valence-corrected chi connectivity index (χ2v) is 6.98. The van der Waals surface area contributed by atoms with Crippen LogP contribution in [0.4, 0.5) is 0 Å². The standard InChI is InChI=1S/C17H22Cl2N2O3/c1-11(20-12(2)22)17(23)21-5-3-13(4-6-21)10-24-16-8-14(18)7-15(19)9-16/h7-9,11,13H,3-6,10H2,1-2H3,(H,20,22)/t11-/m0/s1. The van der Waals surface area contributed by atoms with Crippen LogP contribution < -0.4 is 10.1 Å². The molecule has 132 valence electrons. The van der Waals surface area contributed by atoms with Crippen molar-refractivity contribution in [2.24, 2.45) is 5.92 Å². The summed E-state index contributed by atoms with van der Waals surface area (Å²) in [5, 5.41) is 3.72. The lowest BCUT2D eigenvalue weighted by atomic mass is 9.97. The lowest BCUT2D eigenvalue weighted by Gasteiger charge is -2.33. The molecular weight excluding hydrogens is 351 g/mol. The fraction of sp³-hybridized carbons (Fsp3) is 0.529. The fourth-order valence-electron chi connectivity index (χ4n) is 2.79. The highest BCUT2D eigenvalue weighted by molar-refractivity contribution is 6.34. The molecule has 1 saturated heterocycles. The Morgan fingerprint density at radius 3 is 2.38 bits per heavy atom. The first-order valence-corrected chi connectivity index (χ1v) is 8.75. The largest absolute Gasteiger partial charge is 0.493 e. The first kappa shape index (κ1) is 18.9. The third kappa shape index (κ3) is 5.56. The molecule has 5 nitrogen and oxygen atoms in total. The van der Waals surface area contributed by atoms with Gasteiger partial charge in [-0.3, -0.25) is 9.59 Å². The molecule has 2 rings (SSSR count). The molecule has 0 bridgehead atoms. The second kappa shape index (κ2) is 8.58. The normalized spacial score (nSPS) is 16.6. The molecule has 1 fully saturated rings. The Kier molecular flexibility index (Phi) is 6.75. The molecule has 0 unspecified atom stereocenters. The van der Waals surface area contributed by atoms with Crippen LogP contribution in [-0.4, -0.2) is 42.5 Å². The maximum Gasteiger partial charge on any atom is 0.244 e. The van der Waals surface area contributed by atoms with Crippen molar-refractivity contribution >= 4 is 35.0 Å². The number of halogens is 2. The lowest BCUT2D eigenvalue weighted by Crippen LogP contribution is -2.49. The van der Waals surface area contributed by atoms with Gasteiger partial charge in [0.25, 0.3) is 0 Å². The Labute approximate surface area is 152 Å². The number of likely N-dealkylation sites (tertiary alicyclic amines) is 1. The van der Waals surface area contributed by atoms with Crippen LogP contribution in [0.3, 0.4) is 0 Å². The van der Waals surface area contributed by atoms with Gasteiger partial charge >= 0.3 is 0 Å². The third-order valence-corrected chi connectivity index (χ3v) is 4.47. The van der Waals surface area contributed by atoms with E-state index in [1.165, 1.54) is 6.92 Å². The number of nitrogens with zero attached hydrogens (tertiary/aromatic N) is 1. The summed E-state index contributed by atoms with van der Waals surface area (Å²) in [4.78, 5) is 25.1. The van der Waals surface area contributed by atoms with Crippen LogP contribution in [-0.2, 0) is 9.59 Å². The number of carbonyl (C=O) groups is 2. The zero-order chi connectivity index (χ0) is 17.7. The molecule has 0 aromatic heterocycles. The van der Waals surface area contributed by atoms with Crippen LogP contribution >= 0.6 is 23.2 Å². The molecular formula is C17H22Cl2N2O3. The summed E-state index contributed by atoms with van der Waals surface area (Å²) in [5.41, 5.74) is 0. The minimum absolute atomic E-state index is 0.0359. The summed E-state index contributed by atoms with van der Waals surface area (Å²) in [7, 11) is 0. The number of amides is 2. The molecule has 1 aliphatic rings. The van der Waals surface area contributed by atoms with E-state index in [9.17, 15) is 9.59 Å². The van der Waals surface area contributed by atoms with Crippen LogP contribution in [0.2, 0.25) is 10.0 Å². The molecule has 0 spiro atoms. The zero-order valence-electron chi connectivity index (χ0n) is 13.9. The topological polar surface area (TPSA) is 58.6 Å². The monoisotopic (exact) mass is 372 g/mol. The number of nitrogens with one attached hydrogen (secondary N) is 1. The molecule has 0 aliphatic carbocycles. The number of benzene rings is 1. The van der Waals surface area contributed by atoms with E-state index in [0.29, 0.717) is 41.4 Å². The van der Waals surface area contributed by atoms with Crippen molar-refractivity contribution in [3.63, 3.8) is 0 Å². The molecule has 2 amide bonds. The van der Waals surface area contributed by atoms with Crippen LogP contribution in [0.1, 0.15) is 26.7 Å². The van der Waals surface area contributed by atoms with Gasteiger partial charge in [-0.25, -0.2) is 0 Å². The smallest absolute Gasteiger partial charge is 0.244 e. The van der Waals surface area contributed by atoms with E-state index in [2.05, 4.69) is 5.32 Å². The van der Waals surface area contributed by atoms with Crippen molar-refractivity contribution in [2.75, 3.05) is 19.7 Å². The Morgan fingerprint density at radius 1 is 1.25 bits per heavy atom. The Bertz CT molecular complexity index is 581. The SMILES string of the molecule is CC(=O)N[C@@H](C)C(=O)N1CCC(COc2cc(Cl)cc(Cl)c2)CC1. The van der Waals surface area contributed by atoms with Crippen molar-refractivity contribution in [3.8, 4) is 5.75 Å². The molecule has 1 heterocycles. The highest BCUT2D eigenvalue weighted by atomic mass is 35.5. The highest BCUT2D eigenvalue weighted by Gasteiger charge is 2.26. The van der Waals surface area contributed by atoms with Crippen LogP contribution in [0.25, 0.3) is 0 Å². The van der Waals surface area contributed by atoms with Crippen molar-refractivity contribution in [2.45, 2.75) is 32.7 Å². The van der Waals surface area contributed by atoms with E-state index in [-0.39, 0.29) is 11.8 Å².